The van der Waals surface area contributed by atoms with Gasteiger partial charge in [0.1, 0.15) is 0 Å². The van der Waals surface area contributed by atoms with E-state index in [2.05, 4.69) is 5.09 Å². The molecule has 8 heteroatoms. The van der Waals surface area contributed by atoms with Crippen molar-refractivity contribution in [2.24, 2.45) is 0 Å². The predicted octanol–water partition coefficient (Wildman–Crippen LogP) is 3.79. The molecule has 1 heterocycles. The fourth-order valence-electron chi connectivity index (χ4n) is 1.61. The Bertz CT molecular complexity index is 659. The van der Waals surface area contributed by atoms with E-state index < -0.39 is 12.4 Å². The highest BCUT2D eigenvalue weighted by Gasteiger charge is 2.17. The highest BCUT2D eigenvalue weighted by atomic mass is 32.1. The second-order valence-corrected chi connectivity index (χ2v) is 7.85. The number of rotatable bonds is 7. The molecule has 6 nitrogen and oxygen atoms in total. The molecule has 2 aromatic rings. The van der Waals surface area contributed by atoms with Crippen molar-refractivity contribution in [1.82, 2.24) is 5.09 Å². The van der Waals surface area contributed by atoms with Crippen molar-refractivity contribution in [3.05, 3.63) is 63.0 Å². The summed E-state index contributed by atoms with van der Waals surface area (Å²) in [6.45, 7) is 2.03. The molecule has 1 unspecified atom stereocenters. The Labute approximate surface area is 126 Å². The zero-order valence-electron chi connectivity index (χ0n) is 11.4. The lowest BCUT2D eigenvalue weighted by molar-refractivity contribution is -0.380. The molecule has 2 rings (SSSR count). The smallest absolute Gasteiger partial charge is 0.312 e. The van der Waals surface area contributed by atoms with E-state index in [4.69, 9.17) is 4.52 Å². The van der Waals surface area contributed by atoms with Crippen LogP contribution in [0.1, 0.15) is 10.4 Å². The molecular weight excluding hydrogens is 311 g/mol. The number of benzene rings is 1. The van der Waals surface area contributed by atoms with Crippen LogP contribution in [0.5, 0.6) is 0 Å². The van der Waals surface area contributed by atoms with E-state index in [0.29, 0.717) is 11.4 Å². The van der Waals surface area contributed by atoms with E-state index in [1.54, 1.807) is 6.07 Å². The van der Waals surface area contributed by atoms with Crippen molar-refractivity contribution in [2.75, 3.05) is 6.66 Å². The molecular formula is C13H15N2O4PS. The van der Waals surface area contributed by atoms with Gasteiger partial charge in [-0.25, -0.2) is 5.09 Å². The van der Waals surface area contributed by atoms with Crippen molar-refractivity contribution in [1.29, 1.82) is 0 Å². The highest BCUT2D eigenvalue weighted by molar-refractivity contribution is 7.55. The quantitative estimate of drug-likeness (QED) is 0.475. The molecule has 0 fully saturated rings. The summed E-state index contributed by atoms with van der Waals surface area (Å²) in [5.41, 5.74) is 1.01. The first kappa shape index (κ1) is 15.9. The molecule has 0 aliphatic heterocycles. The third kappa shape index (κ3) is 5.06. The van der Waals surface area contributed by atoms with Crippen molar-refractivity contribution in [2.45, 2.75) is 13.2 Å². The lowest BCUT2D eigenvalue weighted by Gasteiger charge is -2.14. The third-order valence-electron chi connectivity index (χ3n) is 2.69. The first-order chi connectivity index (χ1) is 9.96. The van der Waals surface area contributed by atoms with Crippen molar-refractivity contribution in [3.63, 3.8) is 0 Å². The average molecular weight is 326 g/mol. The molecule has 0 radical (unpaired) electrons. The molecule has 0 aliphatic rings. The van der Waals surface area contributed by atoms with Gasteiger partial charge < -0.3 is 4.52 Å². The number of nitro groups is 1. The van der Waals surface area contributed by atoms with Crippen LogP contribution in [0.15, 0.2) is 42.5 Å². The Balaban J connectivity index is 1.85. The monoisotopic (exact) mass is 326 g/mol. The van der Waals surface area contributed by atoms with Gasteiger partial charge in [-0.1, -0.05) is 41.7 Å². The number of nitrogens with zero attached hydrogens (tertiary/aromatic N) is 1. The summed E-state index contributed by atoms with van der Waals surface area (Å²) in [5.74, 6) is 0. The fourth-order valence-corrected chi connectivity index (χ4v) is 3.37. The summed E-state index contributed by atoms with van der Waals surface area (Å²) in [5, 5.41) is 13.5. The normalized spacial score (nSPS) is 13.8. The Morgan fingerprint density at radius 2 is 2.00 bits per heavy atom. The first-order valence-corrected chi connectivity index (χ1v) is 9.09. The van der Waals surface area contributed by atoms with Crippen LogP contribution in [0.2, 0.25) is 0 Å². The molecule has 1 aromatic heterocycles. The van der Waals surface area contributed by atoms with Gasteiger partial charge in [-0.3, -0.25) is 14.7 Å². The molecule has 0 spiro atoms. The van der Waals surface area contributed by atoms with Gasteiger partial charge in [-0.2, -0.15) is 0 Å². The minimum atomic E-state index is -2.95. The largest absolute Gasteiger partial charge is 0.324 e. The van der Waals surface area contributed by atoms with Crippen LogP contribution >= 0.6 is 18.9 Å². The number of thiophene rings is 1. The lowest BCUT2D eigenvalue weighted by Crippen LogP contribution is -2.11. The van der Waals surface area contributed by atoms with E-state index in [9.17, 15) is 14.7 Å². The maximum atomic E-state index is 12.2. The lowest BCUT2D eigenvalue weighted by atomic mass is 10.2. The van der Waals surface area contributed by atoms with Crippen LogP contribution in [-0.2, 0) is 22.2 Å². The van der Waals surface area contributed by atoms with Gasteiger partial charge in [0.25, 0.3) is 7.52 Å². The average Bonchev–Trinajstić information content (AvgIpc) is 2.94. The van der Waals surface area contributed by atoms with Crippen molar-refractivity contribution in [3.8, 4) is 0 Å². The molecule has 1 atom stereocenters. The standard InChI is InChI=1S/C13H15N2O4PS/c1-20(18,14-9-11-5-3-2-4-6-11)19-10-12-7-8-13(21-12)15(16)17/h2-8H,9-10H2,1H3,(H,14,18). The SMILES string of the molecule is CP(=O)(NCc1ccccc1)OCc1ccc([N+](=O)[O-])s1. The Hall–Kier alpha value is -1.53. The Morgan fingerprint density at radius 3 is 2.62 bits per heavy atom. The summed E-state index contributed by atoms with van der Waals surface area (Å²) < 4.78 is 17.6. The minimum absolute atomic E-state index is 0.0526. The molecule has 0 aliphatic carbocycles. The molecule has 1 N–H and O–H groups in total. The maximum Gasteiger partial charge on any atom is 0.324 e. The first-order valence-electron chi connectivity index (χ1n) is 6.20. The molecule has 21 heavy (non-hydrogen) atoms. The highest BCUT2D eigenvalue weighted by Crippen LogP contribution is 2.40. The van der Waals surface area contributed by atoms with Crippen LogP contribution in [0.4, 0.5) is 5.00 Å². The number of hydrogen-bond acceptors (Lipinski definition) is 5. The van der Waals surface area contributed by atoms with Crippen molar-refractivity contribution >= 4 is 23.9 Å². The Kier molecular flexibility index (Phi) is 5.25. The summed E-state index contributed by atoms with van der Waals surface area (Å²) in [6, 6.07) is 12.6. The number of nitrogens with one attached hydrogen (secondary N) is 1. The van der Waals surface area contributed by atoms with E-state index >= 15 is 0 Å². The summed E-state index contributed by atoms with van der Waals surface area (Å²) in [4.78, 5) is 10.8. The molecule has 0 amide bonds. The second-order valence-electron chi connectivity index (χ2n) is 4.44. The van der Waals surface area contributed by atoms with Crippen LogP contribution in [-0.4, -0.2) is 11.6 Å². The predicted molar refractivity (Wildman–Crippen MR) is 82.6 cm³/mol. The zero-order chi connectivity index (χ0) is 15.3. The summed E-state index contributed by atoms with van der Waals surface area (Å²) >= 11 is 1.02. The van der Waals surface area contributed by atoms with E-state index in [1.165, 1.54) is 12.7 Å². The molecule has 0 saturated carbocycles. The van der Waals surface area contributed by atoms with Gasteiger partial charge in [0, 0.05) is 24.2 Å². The summed E-state index contributed by atoms with van der Waals surface area (Å²) in [6.07, 6.45) is 0. The van der Waals surface area contributed by atoms with Crippen LogP contribution in [0, 0.1) is 10.1 Å². The van der Waals surface area contributed by atoms with E-state index in [0.717, 1.165) is 16.9 Å². The van der Waals surface area contributed by atoms with Crippen molar-refractivity contribution < 1.29 is 14.0 Å². The second kappa shape index (κ2) is 6.95. The molecule has 112 valence electrons. The maximum absolute atomic E-state index is 12.2. The minimum Gasteiger partial charge on any atom is -0.312 e. The van der Waals surface area contributed by atoms with Crippen LogP contribution < -0.4 is 5.09 Å². The Morgan fingerprint density at radius 1 is 1.29 bits per heavy atom. The number of hydrogen-bond donors (Lipinski definition) is 1. The zero-order valence-corrected chi connectivity index (χ0v) is 13.1. The summed E-state index contributed by atoms with van der Waals surface area (Å²) in [7, 11) is -2.95. The molecule has 0 bridgehead atoms. The van der Waals surface area contributed by atoms with E-state index in [-0.39, 0.29) is 11.6 Å². The van der Waals surface area contributed by atoms with Crippen LogP contribution in [0.25, 0.3) is 0 Å². The van der Waals surface area contributed by atoms with Gasteiger partial charge in [-0.15, -0.1) is 0 Å². The molecule has 0 saturated heterocycles. The fraction of sp³-hybridized carbons (Fsp3) is 0.231. The third-order valence-corrected chi connectivity index (χ3v) is 5.06. The topological polar surface area (TPSA) is 81.5 Å². The van der Waals surface area contributed by atoms with Gasteiger partial charge in [0.2, 0.25) is 0 Å². The van der Waals surface area contributed by atoms with E-state index in [1.807, 2.05) is 30.3 Å². The van der Waals surface area contributed by atoms with Gasteiger partial charge in [0.05, 0.1) is 11.5 Å². The molecule has 1 aromatic carbocycles. The van der Waals surface area contributed by atoms with Crippen LogP contribution in [0.3, 0.4) is 0 Å². The van der Waals surface area contributed by atoms with Gasteiger partial charge in [0.15, 0.2) is 0 Å². The van der Waals surface area contributed by atoms with Gasteiger partial charge in [-0.05, 0) is 11.6 Å². The van der Waals surface area contributed by atoms with Gasteiger partial charge >= 0.3 is 5.00 Å².